The molecule has 110 valence electrons. The first kappa shape index (κ1) is 16.8. The Hall–Kier alpha value is -1.30. The summed E-state index contributed by atoms with van der Waals surface area (Å²) in [6, 6.07) is 0. The normalized spacial score (nSPS) is 29.5. The van der Waals surface area contributed by atoms with Crippen LogP contribution in [0.25, 0.3) is 0 Å². The van der Waals surface area contributed by atoms with E-state index in [1.165, 1.54) is 44.9 Å². The molecular formula is C20H30. The molecule has 1 rings (SSSR count). The molecule has 0 aromatic heterocycles. The van der Waals surface area contributed by atoms with Crippen LogP contribution in [0.15, 0.2) is 61.3 Å². The molecule has 0 heterocycles. The summed E-state index contributed by atoms with van der Waals surface area (Å²) in [5.74, 6) is 0.630. The van der Waals surface area contributed by atoms with Crippen LogP contribution < -0.4 is 0 Å². The van der Waals surface area contributed by atoms with Crippen molar-refractivity contribution < 1.29 is 0 Å². The van der Waals surface area contributed by atoms with Crippen LogP contribution >= 0.6 is 0 Å². The van der Waals surface area contributed by atoms with E-state index in [1.54, 1.807) is 0 Å². The fraction of sp³-hybridized carbons (Fsp3) is 0.500. The van der Waals surface area contributed by atoms with Gasteiger partial charge in [0.05, 0.1) is 0 Å². The van der Waals surface area contributed by atoms with Crippen molar-refractivity contribution in [1.82, 2.24) is 0 Å². The number of hydrogen-bond acceptors (Lipinski definition) is 0. The van der Waals surface area contributed by atoms with Gasteiger partial charge in [0.15, 0.2) is 0 Å². The van der Waals surface area contributed by atoms with Crippen LogP contribution in [0.1, 0.15) is 57.8 Å². The molecule has 1 atom stereocenters. The molecule has 1 unspecified atom stereocenters. The fourth-order valence-electron chi connectivity index (χ4n) is 2.32. The summed E-state index contributed by atoms with van der Waals surface area (Å²) in [6.45, 7) is 3.96. The third kappa shape index (κ3) is 9.61. The molecule has 0 aromatic rings. The lowest BCUT2D eigenvalue weighted by atomic mass is 9.99. The SMILES string of the molecule is C=CC1C/C=C/CC/C=C/CC/C=C\CC/C=C/CC1. The van der Waals surface area contributed by atoms with Crippen LogP contribution in [0.3, 0.4) is 0 Å². The molecule has 0 nitrogen and oxygen atoms in total. The van der Waals surface area contributed by atoms with Crippen LogP contribution in [0.4, 0.5) is 0 Å². The first-order valence-electron chi connectivity index (χ1n) is 8.16. The summed E-state index contributed by atoms with van der Waals surface area (Å²) >= 11 is 0. The molecule has 1 aliphatic carbocycles. The van der Waals surface area contributed by atoms with Crippen LogP contribution in [-0.4, -0.2) is 0 Å². The highest BCUT2D eigenvalue weighted by atomic mass is 14.0. The average Bonchev–Trinajstić information content (AvgIpc) is 2.47. The quantitative estimate of drug-likeness (QED) is 0.475. The topological polar surface area (TPSA) is 0 Å². The molecule has 0 N–H and O–H groups in total. The minimum absolute atomic E-state index is 0.630. The van der Waals surface area contributed by atoms with Gasteiger partial charge in [-0.1, -0.05) is 54.7 Å². The van der Waals surface area contributed by atoms with Crippen molar-refractivity contribution in [3.63, 3.8) is 0 Å². The van der Waals surface area contributed by atoms with Gasteiger partial charge in [0.2, 0.25) is 0 Å². The van der Waals surface area contributed by atoms with Gasteiger partial charge < -0.3 is 0 Å². The van der Waals surface area contributed by atoms with E-state index in [0.29, 0.717) is 5.92 Å². The van der Waals surface area contributed by atoms with E-state index in [2.05, 4.69) is 61.3 Å². The van der Waals surface area contributed by atoms with Gasteiger partial charge in [-0.2, -0.15) is 0 Å². The minimum atomic E-state index is 0.630. The second kappa shape index (κ2) is 12.7. The maximum absolute atomic E-state index is 3.96. The van der Waals surface area contributed by atoms with E-state index >= 15 is 0 Å². The van der Waals surface area contributed by atoms with Crippen molar-refractivity contribution in [3.8, 4) is 0 Å². The van der Waals surface area contributed by atoms with Crippen molar-refractivity contribution >= 4 is 0 Å². The Morgan fingerprint density at radius 3 is 1.45 bits per heavy atom. The Labute approximate surface area is 125 Å². The molecule has 0 heteroatoms. The van der Waals surface area contributed by atoms with Crippen LogP contribution in [0, 0.1) is 5.92 Å². The molecule has 20 heavy (non-hydrogen) atoms. The van der Waals surface area contributed by atoms with E-state index in [0.717, 1.165) is 12.8 Å². The van der Waals surface area contributed by atoms with Crippen molar-refractivity contribution in [2.24, 2.45) is 5.92 Å². The average molecular weight is 270 g/mol. The molecule has 0 radical (unpaired) electrons. The zero-order chi connectivity index (χ0) is 14.3. The molecule has 0 spiro atoms. The van der Waals surface area contributed by atoms with Gasteiger partial charge in [-0.25, -0.2) is 0 Å². The molecule has 0 fully saturated rings. The second-order valence-electron chi connectivity index (χ2n) is 5.43. The standard InChI is InChI=1S/C20H30/c1-2-20-18-16-14-12-10-8-6-4-3-5-7-9-11-13-15-17-19-20/h2,4,6-7,9,12,14-15,17,20H,1,3,5,8,10-11,13,16,18-19H2/b6-4-,9-7+,14-12+,17-15+. The summed E-state index contributed by atoms with van der Waals surface area (Å²) in [7, 11) is 0. The van der Waals surface area contributed by atoms with Crippen molar-refractivity contribution in [2.45, 2.75) is 57.8 Å². The Bertz CT molecular complexity index is 341. The van der Waals surface area contributed by atoms with Crippen molar-refractivity contribution in [3.05, 3.63) is 61.3 Å². The zero-order valence-electron chi connectivity index (χ0n) is 12.8. The van der Waals surface area contributed by atoms with Gasteiger partial charge in [-0.3, -0.25) is 0 Å². The van der Waals surface area contributed by atoms with E-state index in [9.17, 15) is 0 Å². The lowest BCUT2D eigenvalue weighted by molar-refractivity contribution is 0.606. The zero-order valence-corrected chi connectivity index (χ0v) is 12.8. The molecule has 0 saturated heterocycles. The summed E-state index contributed by atoms with van der Waals surface area (Å²) in [5, 5.41) is 0. The highest BCUT2D eigenvalue weighted by molar-refractivity contribution is 4.95. The van der Waals surface area contributed by atoms with Crippen molar-refractivity contribution in [1.29, 1.82) is 0 Å². The van der Waals surface area contributed by atoms with E-state index in [4.69, 9.17) is 0 Å². The number of allylic oxidation sites excluding steroid dienone is 9. The molecule has 0 aromatic carbocycles. The predicted molar refractivity (Wildman–Crippen MR) is 91.8 cm³/mol. The number of hydrogen-bond donors (Lipinski definition) is 0. The van der Waals surface area contributed by atoms with E-state index < -0.39 is 0 Å². The van der Waals surface area contributed by atoms with Crippen LogP contribution in [-0.2, 0) is 0 Å². The lowest BCUT2D eigenvalue weighted by Crippen LogP contribution is -1.93. The third-order valence-corrected chi connectivity index (χ3v) is 3.64. The summed E-state index contributed by atoms with van der Waals surface area (Å²) in [4.78, 5) is 0. The highest BCUT2D eigenvalue weighted by Gasteiger charge is 1.99. The maximum atomic E-state index is 3.96. The summed E-state index contributed by atoms with van der Waals surface area (Å²) in [6.07, 6.45) is 31.2. The van der Waals surface area contributed by atoms with E-state index in [-0.39, 0.29) is 0 Å². The Morgan fingerprint density at radius 1 is 0.600 bits per heavy atom. The molecule has 0 aliphatic heterocycles. The van der Waals surface area contributed by atoms with Crippen molar-refractivity contribution in [2.75, 3.05) is 0 Å². The van der Waals surface area contributed by atoms with Crippen LogP contribution in [0.5, 0.6) is 0 Å². The predicted octanol–water partition coefficient (Wildman–Crippen LogP) is 6.54. The first-order valence-corrected chi connectivity index (χ1v) is 8.16. The third-order valence-electron chi connectivity index (χ3n) is 3.64. The molecule has 1 aliphatic rings. The van der Waals surface area contributed by atoms with Crippen LogP contribution in [0.2, 0.25) is 0 Å². The van der Waals surface area contributed by atoms with Gasteiger partial charge in [-0.15, -0.1) is 6.58 Å². The van der Waals surface area contributed by atoms with Gasteiger partial charge in [0.25, 0.3) is 0 Å². The van der Waals surface area contributed by atoms with Gasteiger partial charge in [-0.05, 0) is 63.7 Å². The minimum Gasteiger partial charge on any atom is -0.103 e. The largest absolute Gasteiger partial charge is 0.103 e. The number of rotatable bonds is 1. The fourth-order valence-corrected chi connectivity index (χ4v) is 2.32. The highest BCUT2D eigenvalue weighted by Crippen LogP contribution is 2.14. The molecular weight excluding hydrogens is 240 g/mol. The van der Waals surface area contributed by atoms with Gasteiger partial charge >= 0.3 is 0 Å². The van der Waals surface area contributed by atoms with Gasteiger partial charge in [0.1, 0.15) is 0 Å². The van der Waals surface area contributed by atoms with Gasteiger partial charge in [0, 0.05) is 0 Å². The second-order valence-corrected chi connectivity index (χ2v) is 5.43. The molecule has 0 bridgehead atoms. The lowest BCUT2D eigenvalue weighted by Gasteiger charge is -2.07. The summed E-state index contributed by atoms with van der Waals surface area (Å²) < 4.78 is 0. The Kier molecular flexibility index (Phi) is 10.7. The Balaban J connectivity index is 2.41. The molecule has 0 saturated carbocycles. The smallest absolute Gasteiger partial charge is 0.0199 e. The summed E-state index contributed by atoms with van der Waals surface area (Å²) in [5.41, 5.74) is 0. The first-order chi connectivity index (χ1) is 9.93. The molecule has 0 amide bonds. The van der Waals surface area contributed by atoms with E-state index in [1.807, 2.05) is 0 Å². The maximum Gasteiger partial charge on any atom is -0.0199 e. The Morgan fingerprint density at radius 2 is 1.00 bits per heavy atom. The monoisotopic (exact) mass is 270 g/mol.